The lowest BCUT2D eigenvalue weighted by Gasteiger charge is -2.16. The molecule has 3 rings (SSSR count). The minimum absolute atomic E-state index is 0.0128. The Bertz CT molecular complexity index is 805. The third-order valence-electron chi connectivity index (χ3n) is 4.58. The van der Waals surface area contributed by atoms with Crippen molar-refractivity contribution in [2.45, 2.75) is 33.4 Å². The summed E-state index contributed by atoms with van der Waals surface area (Å²) in [7, 11) is 0. The minimum Gasteiger partial charge on any atom is -0.354 e. The fourth-order valence-electron chi connectivity index (χ4n) is 3.11. The summed E-state index contributed by atoms with van der Waals surface area (Å²) in [4.78, 5) is 30.5. The zero-order valence-electron chi connectivity index (χ0n) is 14.9. The fourth-order valence-corrected chi connectivity index (χ4v) is 3.25. The molecule has 138 valence electrons. The van der Waals surface area contributed by atoms with Crippen molar-refractivity contribution < 1.29 is 9.59 Å². The maximum atomic E-state index is 12.4. The SMILES string of the molecule is Cc1nn(CCNC(=O)[C@H]2CC(=O)N(Cc3ccccn3)C2)c(C)c1Cl. The first kappa shape index (κ1) is 18.4. The van der Waals surface area contributed by atoms with Crippen molar-refractivity contribution in [3.05, 3.63) is 46.5 Å². The maximum absolute atomic E-state index is 12.4. The molecule has 0 radical (unpaired) electrons. The molecule has 0 bridgehead atoms. The summed E-state index contributed by atoms with van der Waals surface area (Å²) >= 11 is 6.12. The summed E-state index contributed by atoms with van der Waals surface area (Å²) in [5.74, 6) is -0.439. The highest BCUT2D eigenvalue weighted by atomic mass is 35.5. The third kappa shape index (κ3) is 4.04. The second-order valence-corrected chi connectivity index (χ2v) is 6.87. The molecule has 3 heterocycles. The van der Waals surface area contributed by atoms with Gasteiger partial charge < -0.3 is 10.2 Å². The first-order valence-electron chi connectivity index (χ1n) is 8.60. The Hall–Kier alpha value is -2.41. The Morgan fingerprint density at radius 3 is 2.85 bits per heavy atom. The van der Waals surface area contributed by atoms with Crippen LogP contribution in [-0.4, -0.2) is 44.6 Å². The molecule has 0 unspecified atom stereocenters. The van der Waals surface area contributed by atoms with Crippen LogP contribution in [0.25, 0.3) is 0 Å². The van der Waals surface area contributed by atoms with Gasteiger partial charge in [-0.2, -0.15) is 5.10 Å². The predicted octanol–water partition coefficient (Wildman–Crippen LogP) is 1.71. The van der Waals surface area contributed by atoms with Crippen molar-refractivity contribution in [2.75, 3.05) is 13.1 Å². The van der Waals surface area contributed by atoms with Crippen LogP contribution in [0.15, 0.2) is 24.4 Å². The van der Waals surface area contributed by atoms with Crippen molar-refractivity contribution in [1.82, 2.24) is 25.0 Å². The number of hydrogen-bond donors (Lipinski definition) is 1. The Balaban J connectivity index is 1.49. The number of pyridine rings is 1. The molecule has 1 atom stereocenters. The Morgan fingerprint density at radius 2 is 2.19 bits per heavy atom. The number of halogens is 1. The monoisotopic (exact) mass is 375 g/mol. The Morgan fingerprint density at radius 1 is 1.38 bits per heavy atom. The summed E-state index contributed by atoms with van der Waals surface area (Å²) in [6.45, 7) is 5.60. The highest BCUT2D eigenvalue weighted by Gasteiger charge is 2.34. The molecule has 0 saturated carbocycles. The van der Waals surface area contributed by atoms with E-state index in [4.69, 9.17) is 11.6 Å². The van der Waals surface area contributed by atoms with E-state index in [1.165, 1.54) is 0 Å². The van der Waals surface area contributed by atoms with Crippen LogP contribution in [0.3, 0.4) is 0 Å². The van der Waals surface area contributed by atoms with E-state index in [0.717, 1.165) is 17.1 Å². The maximum Gasteiger partial charge on any atom is 0.225 e. The predicted molar refractivity (Wildman–Crippen MR) is 97.5 cm³/mol. The van der Waals surface area contributed by atoms with E-state index in [2.05, 4.69) is 15.4 Å². The van der Waals surface area contributed by atoms with Gasteiger partial charge in [-0.05, 0) is 26.0 Å². The molecule has 1 aliphatic rings. The molecule has 26 heavy (non-hydrogen) atoms. The van der Waals surface area contributed by atoms with E-state index < -0.39 is 0 Å². The van der Waals surface area contributed by atoms with Gasteiger partial charge in [0.2, 0.25) is 11.8 Å². The first-order chi connectivity index (χ1) is 12.5. The van der Waals surface area contributed by atoms with Crippen molar-refractivity contribution in [3.8, 4) is 0 Å². The molecule has 0 spiro atoms. The number of nitrogens with one attached hydrogen (secondary N) is 1. The van der Waals surface area contributed by atoms with Crippen LogP contribution in [0.1, 0.15) is 23.5 Å². The van der Waals surface area contributed by atoms with E-state index in [9.17, 15) is 9.59 Å². The molecule has 0 aliphatic carbocycles. The molecule has 1 saturated heterocycles. The second-order valence-electron chi connectivity index (χ2n) is 6.50. The lowest BCUT2D eigenvalue weighted by molar-refractivity contribution is -0.129. The summed E-state index contributed by atoms with van der Waals surface area (Å²) in [5.41, 5.74) is 2.49. The van der Waals surface area contributed by atoms with E-state index in [1.54, 1.807) is 15.8 Å². The van der Waals surface area contributed by atoms with Crippen LogP contribution in [0.5, 0.6) is 0 Å². The van der Waals surface area contributed by atoms with Crippen LogP contribution in [-0.2, 0) is 22.7 Å². The summed E-state index contributed by atoms with van der Waals surface area (Å²) in [6, 6.07) is 5.60. The summed E-state index contributed by atoms with van der Waals surface area (Å²) in [5, 5.41) is 7.89. The average molecular weight is 376 g/mol. The first-order valence-corrected chi connectivity index (χ1v) is 8.98. The molecule has 1 aliphatic heterocycles. The molecule has 2 amide bonds. The molecule has 0 aromatic carbocycles. The molecule has 1 N–H and O–H groups in total. The summed E-state index contributed by atoms with van der Waals surface area (Å²) < 4.78 is 1.78. The van der Waals surface area contributed by atoms with Crippen molar-refractivity contribution in [1.29, 1.82) is 0 Å². The number of hydrogen-bond acceptors (Lipinski definition) is 4. The Labute approximate surface area is 157 Å². The highest BCUT2D eigenvalue weighted by molar-refractivity contribution is 6.31. The topological polar surface area (TPSA) is 80.1 Å². The van der Waals surface area contributed by atoms with Crippen molar-refractivity contribution >= 4 is 23.4 Å². The lowest BCUT2D eigenvalue weighted by Crippen LogP contribution is -2.35. The van der Waals surface area contributed by atoms with Gasteiger partial charge in [-0.3, -0.25) is 19.3 Å². The van der Waals surface area contributed by atoms with Crippen LogP contribution >= 0.6 is 11.6 Å². The van der Waals surface area contributed by atoms with Crippen LogP contribution in [0.2, 0.25) is 5.02 Å². The molecular weight excluding hydrogens is 354 g/mol. The molecule has 7 nitrogen and oxygen atoms in total. The van der Waals surface area contributed by atoms with Crippen molar-refractivity contribution in [2.24, 2.45) is 5.92 Å². The van der Waals surface area contributed by atoms with Gasteiger partial charge in [0.15, 0.2) is 0 Å². The fraction of sp³-hybridized carbons (Fsp3) is 0.444. The normalized spacial score (nSPS) is 17.0. The van der Waals surface area contributed by atoms with Crippen LogP contribution < -0.4 is 5.32 Å². The quantitative estimate of drug-likeness (QED) is 0.833. The largest absolute Gasteiger partial charge is 0.354 e. The van der Waals surface area contributed by atoms with Gasteiger partial charge in [0, 0.05) is 25.7 Å². The van der Waals surface area contributed by atoms with Gasteiger partial charge in [-0.1, -0.05) is 17.7 Å². The van der Waals surface area contributed by atoms with E-state index in [1.807, 2.05) is 32.0 Å². The lowest BCUT2D eigenvalue weighted by atomic mass is 10.1. The molecule has 2 aromatic heterocycles. The number of aromatic nitrogens is 3. The number of rotatable bonds is 6. The van der Waals surface area contributed by atoms with Gasteiger partial charge in [0.05, 0.1) is 41.1 Å². The second kappa shape index (κ2) is 7.86. The molecule has 8 heteroatoms. The third-order valence-corrected chi connectivity index (χ3v) is 5.13. The number of aryl methyl sites for hydroxylation is 1. The smallest absolute Gasteiger partial charge is 0.225 e. The summed E-state index contributed by atoms with van der Waals surface area (Å²) in [6.07, 6.45) is 1.94. The zero-order valence-corrected chi connectivity index (χ0v) is 15.7. The highest BCUT2D eigenvalue weighted by Crippen LogP contribution is 2.20. The van der Waals surface area contributed by atoms with E-state index in [0.29, 0.717) is 31.2 Å². The van der Waals surface area contributed by atoms with Gasteiger partial charge >= 0.3 is 0 Å². The van der Waals surface area contributed by atoms with Gasteiger partial charge in [0.1, 0.15) is 0 Å². The number of likely N-dealkylation sites (tertiary alicyclic amines) is 1. The van der Waals surface area contributed by atoms with Gasteiger partial charge in [-0.25, -0.2) is 0 Å². The number of amides is 2. The minimum atomic E-state index is -0.324. The molecule has 2 aromatic rings. The van der Waals surface area contributed by atoms with Crippen LogP contribution in [0, 0.1) is 19.8 Å². The van der Waals surface area contributed by atoms with E-state index in [-0.39, 0.29) is 24.2 Å². The van der Waals surface area contributed by atoms with Crippen LogP contribution in [0.4, 0.5) is 0 Å². The number of carbonyl (C=O) groups is 2. The molecule has 1 fully saturated rings. The van der Waals surface area contributed by atoms with E-state index >= 15 is 0 Å². The number of carbonyl (C=O) groups excluding carboxylic acids is 2. The Kier molecular flexibility index (Phi) is 5.56. The number of nitrogens with zero attached hydrogens (tertiary/aromatic N) is 4. The standard InChI is InChI=1S/C18H22ClN5O2/c1-12-17(19)13(2)24(22-12)8-7-21-18(26)14-9-16(25)23(10-14)11-15-5-3-4-6-20-15/h3-6,14H,7-11H2,1-2H3,(H,21,26)/t14-/m0/s1. The average Bonchev–Trinajstić information content (AvgIpc) is 3.11. The zero-order chi connectivity index (χ0) is 18.7. The van der Waals surface area contributed by atoms with Gasteiger partial charge in [0.25, 0.3) is 0 Å². The van der Waals surface area contributed by atoms with Crippen molar-refractivity contribution in [3.63, 3.8) is 0 Å². The van der Waals surface area contributed by atoms with Gasteiger partial charge in [-0.15, -0.1) is 0 Å². The molecular formula is C18H22ClN5O2.